The first-order valence-corrected chi connectivity index (χ1v) is 11.9. The van der Waals surface area contributed by atoms with E-state index in [4.69, 9.17) is 9.26 Å². The van der Waals surface area contributed by atoms with Crippen LogP contribution in [0.5, 0.6) is 5.75 Å². The number of unbranched alkanes of at least 4 members (excludes halogenated alkanes) is 1. The lowest BCUT2D eigenvalue weighted by molar-refractivity contribution is 0.374. The number of hydrogen-bond donors (Lipinski definition) is 0. The highest BCUT2D eigenvalue weighted by Gasteiger charge is 2.26. The molecule has 0 saturated carbocycles. The Hall–Kier alpha value is -2.55. The molecular weight excluding hydrogens is 412 g/mol. The van der Waals surface area contributed by atoms with Gasteiger partial charge in [-0.2, -0.15) is 4.98 Å². The van der Waals surface area contributed by atoms with E-state index in [-0.39, 0.29) is 5.25 Å². The molecule has 3 heterocycles. The Balaban J connectivity index is 1.65. The Kier molecular flexibility index (Phi) is 7.11. The number of nitrogens with zero attached hydrogens (tertiary/aromatic N) is 6. The number of aromatic nitrogens is 5. The van der Waals surface area contributed by atoms with Gasteiger partial charge in [0.25, 0.3) is 0 Å². The average Bonchev–Trinajstić information content (AvgIpc) is 3.45. The van der Waals surface area contributed by atoms with Crippen molar-refractivity contribution in [3.63, 3.8) is 0 Å². The van der Waals surface area contributed by atoms with E-state index >= 15 is 0 Å². The van der Waals surface area contributed by atoms with Crippen molar-refractivity contribution in [1.82, 2.24) is 24.9 Å². The Morgan fingerprint density at radius 1 is 1.16 bits per heavy atom. The van der Waals surface area contributed by atoms with Crippen LogP contribution in [-0.4, -0.2) is 45.1 Å². The maximum atomic E-state index is 5.65. The summed E-state index contributed by atoms with van der Waals surface area (Å²) in [6, 6.07) is 7.98. The summed E-state index contributed by atoms with van der Waals surface area (Å²) in [5.41, 5.74) is 0.930. The monoisotopic (exact) mass is 442 g/mol. The first-order valence-electron chi connectivity index (χ1n) is 11.0. The van der Waals surface area contributed by atoms with Crippen molar-refractivity contribution in [1.29, 1.82) is 0 Å². The molecule has 2 aromatic heterocycles. The molecule has 0 bridgehead atoms. The van der Waals surface area contributed by atoms with E-state index in [2.05, 4.69) is 43.7 Å². The second-order valence-electron chi connectivity index (χ2n) is 7.75. The van der Waals surface area contributed by atoms with Crippen LogP contribution in [0, 0.1) is 0 Å². The zero-order valence-corrected chi connectivity index (χ0v) is 19.3. The number of piperidine rings is 1. The lowest BCUT2D eigenvalue weighted by Gasteiger charge is -2.28. The lowest BCUT2D eigenvalue weighted by Crippen LogP contribution is -2.31. The molecule has 1 unspecified atom stereocenters. The van der Waals surface area contributed by atoms with E-state index in [1.165, 1.54) is 19.3 Å². The molecule has 1 fully saturated rings. The standard InChI is InChI=1S/C22H30N6O2S/c1-4-5-13-19-23-20(30-26-19)16(2)31-22-25-24-21(27-14-9-6-10-15-27)28(22)17-11-7-8-12-18(17)29-3/h7-8,11-12,16H,4-6,9-10,13-15H2,1-3H3. The zero-order chi connectivity index (χ0) is 21.6. The van der Waals surface area contributed by atoms with Crippen LogP contribution in [-0.2, 0) is 6.42 Å². The van der Waals surface area contributed by atoms with Crippen molar-refractivity contribution >= 4 is 17.7 Å². The number of methoxy groups -OCH3 is 1. The molecule has 166 valence electrons. The van der Waals surface area contributed by atoms with Gasteiger partial charge in [0.2, 0.25) is 11.8 Å². The van der Waals surface area contributed by atoms with E-state index in [1.807, 2.05) is 24.3 Å². The lowest BCUT2D eigenvalue weighted by atomic mass is 10.1. The highest BCUT2D eigenvalue weighted by molar-refractivity contribution is 7.99. The van der Waals surface area contributed by atoms with Crippen LogP contribution >= 0.6 is 11.8 Å². The first kappa shape index (κ1) is 21.7. The molecule has 1 atom stereocenters. The minimum absolute atomic E-state index is 0.0465. The second kappa shape index (κ2) is 10.2. The van der Waals surface area contributed by atoms with Crippen molar-refractivity contribution in [2.75, 3.05) is 25.1 Å². The smallest absolute Gasteiger partial charge is 0.239 e. The Morgan fingerprint density at radius 3 is 2.74 bits per heavy atom. The Morgan fingerprint density at radius 2 is 1.97 bits per heavy atom. The van der Waals surface area contributed by atoms with Gasteiger partial charge < -0.3 is 14.2 Å². The number of thioether (sulfide) groups is 1. The van der Waals surface area contributed by atoms with Crippen LogP contribution in [0.4, 0.5) is 5.95 Å². The molecule has 0 spiro atoms. The molecule has 0 N–H and O–H groups in total. The third kappa shape index (κ3) is 4.87. The quantitative estimate of drug-likeness (QED) is 0.435. The Bertz CT molecular complexity index is 982. The number of para-hydroxylation sites is 2. The largest absolute Gasteiger partial charge is 0.495 e. The molecule has 3 aromatic rings. The van der Waals surface area contributed by atoms with Gasteiger partial charge in [0, 0.05) is 19.5 Å². The maximum Gasteiger partial charge on any atom is 0.239 e. The van der Waals surface area contributed by atoms with Gasteiger partial charge in [-0.1, -0.05) is 42.4 Å². The SMILES string of the molecule is CCCCc1noc(C(C)Sc2nnc(N3CCCCC3)n2-c2ccccc2OC)n1. The first-order chi connectivity index (χ1) is 15.2. The van der Waals surface area contributed by atoms with E-state index in [1.54, 1.807) is 18.9 Å². The molecular formula is C22H30N6O2S. The van der Waals surface area contributed by atoms with Gasteiger partial charge in [-0.05, 0) is 44.7 Å². The molecule has 0 amide bonds. The van der Waals surface area contributed by atoms with Gasteiger partial charge in [-0.15, -0.1) is 10.2 Å². The van der Waals surface area contributed by atoms with Gasteiger partial charge >= 0.3 is 0 Å². The summed E-state index contributed by atoms with van der Waals surface area (Å²) in [4.78, 5) is 6.90. The summed E-state index contributed by atoms with van der Waals surface area (Å²) in [6.07, 6.45) is 6.60. The number of rotatable bonds is 9. The molecule has 1 aliphatic heterocycles. The van der Waals surface area contributed by atoms with Gasteiger partial charge in [0.05, 0.1) is 18.0 Å². The maximum absolute atomic E-state index is 5.65. The summed E-state index contributed by atoms with van der Waals surface area (Å²) in [5, 5.41) is 14.0. The molecule has 4 rings (SSSR count). The van der Waals surface area contributed by atoms with Crippen molar-refractivity contribution < 1.29 is 9.26 Å². The fourth-order valence-corrected chi connectivity index (χ4v) is 4.63. The summed E-state index contributed by atoms with van der Waals surface area (Å²) in [7, 11) is 1.69. The highest BCUT2D eigenvalue weighted by atomic mass is 32.2. The fraction of sp³-hybridized carbons (Fsp3) is 0.545. The van der Waals surface area contributed by atoms with Gasteiger partial charge in [-0.3, -0.25) is 4.57 Å². The molecule has 31 heavy (non-hydrogen) atoms. The van der Waals surface area contributed by atoms with Crippen LogP contribution in [0.2, 0.25) is 0 Å². The number of ether oxygens (including phenoxy) is 1. The van der Waals surface area contributed by atoms with Crippen molar-refractivity contribution in [2.24, 2.45) is 0 Å². The van der Waals surface area contributed by atoms with Gasteiger partial charge in [-0.25, -0.2) is 0 Å². The third-order valence-electron chi connectivity index (χ3n) is 5.45. The number of hydrogen-bond acceptors (Lipinski definition) is 8. The normalized spacial score (nSPS) is 15.3. The topological polar surface area (TPSA) is 82.1 Å². The van der Waals surface area contributed by atoms with Crippen molar-refractivity contribution in [2.45, 2.75) is 62.8 Å². The minimum Gasteiger partial charge on any atom is -0.495 e. The predicted octanol–water partition coefficient (Wildman–Crippen LogP) is 4.85. The average molecular weight is 443 g/mol. The highest BCUT2D eigenvalue weighted by Crippen LogP contribution is 2.38. The Labute approximate surface area is 187 Å². The van der Waals surface area contributed by atoms with Crippen LogP contribution in [0.25, 0.3) is 5.69 Å². The van der Waals surface area contributed by atoms with E-state index in [0.29, 0.717) is 5.89 Å². The van der Waals surface area contributed by atoms with Crippen LogP contribution < -0.4 is 9.64 Å². The fourth-order valence-electron chi connectivity index (χ4n) is 3.74. The minimum atomic E-state index is -0.0465. The number of anilines is 1. The van der Waals surface area contributed by atoms with E-state index < -0.39 is 0 Å². The second-order valence-corrected chi connectivity index (χ2v) is 9.06. The van der Waals surface area contributed by atoms with Crippen LogP contribution in [0.1, 0.15) is 62.9 Å². The predicted molar refractivity (Wildman–Crippen MR) is 121 cm³/mol. The zero-order valence-electron chi connectivity index (χ0n) is 18.5. The molecule has 1 aromatic carbocycles. The van der Waals surface area contributed by atoms with Gasteiger partial charge in [0.1, 0.15) is 5.75 Å². The molecule has 0 aliphatic carbocycles. The summed E-state index contributed by atoms with van der Waals surface area (Å²) < 4.78 is 13.3. The van der Waals surface area contributed by atoms with Crippen LogP contribution in [0.15, 0.2) is 33.9 Å². The summed E-state index contributed by atoms with van der Waals surface area (Å²) in [5.74, 6) is 3.03. The van der Waals surface area contributed by atoms with E-state index in [9.17, 15) is 0 Å². The number of benzene rings is 1. The van der Waals surface area contributed by atoms with Crippen molar-refractivity contribution in [3.8, 4) is 11.4 Å². The van der Waals surface area contributed by atoms with Crippen LogP contribution in [0.3, 0.4) is 0 Å². The third-order valence-corrected chi connectivity index (χ3v) is 6.48. The molecule has 0 radical (unpaired) electrons. The summed E-state index contributed by atoms with van der Waals surface area (Å²) in [6.45, 7) is 6.18. The summed E-state index contributed by atoms with van der Waals surface area (Å²) >= 11 is 1.57. The van der Waals surface area contributed by atoms with Gasteiger partial charge in [0.15, 0.2) is 11.0 Å². The molecule has 1 aliphatic rings. The van der Waals surface area contributed by atoms with Crippen molar-refractivity contribution in [3.05, 3.63) is 36.0 Å². The number of aryl methyl sites for hydroxylation is 1. The van der Waals surface area contributed by atoms with E-state index in [0.717, 1.165) is 60.7 Å². The molecule has 8 nitrogen and oxygen atoms in total. The molecule has 9 heteroatoms. The molecule has 1 saturated heterocycles.